The number of hydrogen-bond donors (Lipinski definition) is 1. The van der Waals surface area contributed by atoms with Gasteiger partial charge in [0.15, 0.2) is 0 Å². The molecule has 4 heteroatoms. The molecule has 1 N–H and O–H groups in total. The molecule has 0 saturated heterocycles. The Labute approximate surface area is 114 Å². The van der Waals surface area contributed by atoms with Gasteiger partial charge in [-0.3, -0.25) is 0 Å². The molecule has 1 atom stereocenters. The zero-order chi connectivity index (χ0) is 13.0. The van der Waals surface area contributed by atoms with E-state index in [-0.39, 0.29) is 0 Å². The van der Waals surface area contributed by atoms with E-state index in [4.69, 9.17) is 0 Å². The second kappa shape index (κ2) is 6.43. The summed E-state index contributed by atoms with van der Waals surface area (Å²) in [6, 6.07) is 0.340. The second-order valence-corrected chi connectivity index (χ2v) is 5.98. The highest BCUT2D eigenvalue weighted by molar-refractivity contribution is 7.05. The number of rotatable bonds is 5. The van der Waals surface area contributed by atoms with Gasteiger partial charge in [-0.05, 0) is 49.7 Å². The fourth-order valence-corrected chi connectivity index (χ4v) is 3.45. The first-order valence-corrected chi connectivity index (χ1v) is 7.75. The standard InChI is InChI=1S/C14H23N3S/c1-4-15-13(11-8-6-5-7-9-11)14-12(10(2)3)16-17-18-14/h8,10,13,15H,4-7,9H2,1-3H3. The van der Waals surface area contributed by atoms with E-state index in [1.54, 1.807) is 11.5 Å². The average molecular weight is 265 g/mol. The third-order valence-corrected chi connectivity index (χ3v) is 4.26. The average Bonchev–Trinajstić information content (AvgIpc) is 2.86. The van der Waals surface area contributed by atoms with Gasteiger partial charge in [-0.1, -0.05) is 36.9 Å². The van der Waals surface area contributed by atoms with Crippen molar-refractivity contribution in [3.05, 3.63) is 22.2 Å². The van der Waals surface area contributed by atoms with Gasteiger partial charge >= 0.3 is 0 Å². The molecular formula is C14H23N3S. The molecule has 0 amide bonds. The molecule has 1 aromatic rings. The molecule has 100 valence electrons. The summed E-state index contributed by atoms with van der Waals surface area (Å²) in [7, 11) is 0. The predicted molar refractivity (Wildman–Crippen MR) is 77.0 cm³/mol. The number of allylic oxidation sites excluding steroid dienone is 1. The van der Waals surface area contributed by atoms with E-state index in [1.165, 1.54) is 36.1 Å². The third-order valence-electron chi connectivity index (χ3n) is 3.45. The number of nitrogens with zero attached hydrogens (tertiary/aromatic N) is 2. The van der Waals surface area contributed by atoms with E-state index in [9.17, 15) is 0 Å². The molecule has 18 heavy (non-hydrogen) atoms. The Balaban J connectivity index is 2.28. The zero-order valence-electron chi connectivity index (χ0n) is 11.6. The Morgan fingerprint density at radius 1 is 1.39 bits per heavy atom. The lowest BCUT2D eigenvalue weighted by molar-refractivity contribution is 0.563. The second-order valence-electron chi connectivity index (χ2n) is 5.19. The van der Waals surface area contributed by atoms with Gasteiger partial charge in [0.05, 0.1) is 16.6 Å². The van der Waals surface area contributed by atoms with Crippen LogP contribution in [0.2, 0.25) is 0 Å². The Hall–Kier alpha value is -0.740. The summed E-state index contributed by atoms with van der Waals surface area (Å²) < 4.78 is 4.17. The molecule has 3 nitrogen and oxygen atoms in total. The summed E-state index contributed by atoms with van der Waals surface area (Å²) in [4.78, 5) is 1.32. The largest absolute Gasteiger partial charge is 0.306 e. The number of aromatic nitrogens is 2. The molecule has 1 aromatic heterocycles. The highest BCUT2D eigenvalue weighted by Gasteiger charge is 2.24. The molecule has 1 aliphatic carbocycles. The van der Waals surface area contributed by atoms with Crippen LogP contribution in [0.4, 0.5) is 0 Å². The Bertz CT molecular complexity index is 409. The lowest BCUT2D eigenvalue weighted by atomic mass is 9.91. The maximum Gasteiger partial charge on any atom is 0.0832 e. The minimum Gasteiger partial charge on any atom is -0.306 e. The van der Waals surface area contributed by atoms with Crippen LogP contribution in [0, 0.1) is 0 Å². The van der Waals surface area contributed by atoms with Crippen molar-refractivity contribution in [2.75, 3.05) is 6.54 Å². The third kappa shape index (κ3) is 2.98. The maximum absolute atomic E-state index is 4.31. The van der Waals surface area contributed by atoms with Gasteiger partial charge in [-0.15, -0.1) is 5.10 Å². The molecule has 0 radical (unpaired) electrons. The summed E-state index contributed by atoms with van der Waals surface area (Å²) in [5, 5.41) is 7.93. The molecule has 0 fully saturated rings. The van der Waals surface area contributed by atoms with E-state index in [2.05, 4.69) is 41.8 Å². The summed E-state index contributed by atoms with van der Waals surface area (Å²) in [5.41, 5.74) is 2.70. The molecule has 1 aliphatic rings. The van der Waals surface area contributed by atoms with Gasteiger partial charge in [-0.25, -0.2) is 0 Å². The minimum atomic E-state index is 0.340. The van der Waals surface area contributed by atoms with Crippen molar-refractivity contribution in [1.82, 2.24) is 14.9 Å². The summed E-state index contributed by atoms with van der Waals surface area (Å²) >= 11 is 1.56. The van der Waals surface area contributed by atoms with Crippen LogP contribution in [0.25, 0.3) is 0 Å². The number of nitrogens with one attached hydrogen (secondary N) is 1. The number of hydrogen-bond acceptors (Lipinski definition) is 4. The van der Waals surface area contributed by atoms with Crippen LogP contribution in [-0.2, 0) is 0 Å². The fraction of sp³-hybridized carbons (Fsp3) is 0.714. The van der Waals surface area contributed by atoms with Crippen molar-refractivity contribution in [3.8, 4) is 0 Å². The monoisotopic (exact) mass is 265 g/mol. The smallest absolute Gasteiger partial charge is 0.0832 e. The summed E-state index contributed by atoms with van der Waals surface area (Å²) in [6.45, 7) is 7.54. The topological polar surface area (TPSA) is 37.8 Å². The van der Waals surface area contributed by atoms with Crippen molar-refractivity contribution in [2.24, 2.45) is 0 Å². The minimum absolute atomic E-state index is 0.340. The summed E-state index contributed by atoms with van der Waals surface area (Å²) in [6.07, 6.45) is 7.51. The first-order chi connectivity index (χ1) is 8.74. The molecule has 0 aliphatic heterocycles. The van der Waals surface area contributed by atoms with Gasteiger partial charge in [0, 0.05) is 0 Å². The predicted octanol–water partition coefficient (Wildman–Crippen LogP) is 3.81. The van der Waals surface area contributed by atoms with Crippen LogP contribution in [0.1, 0.15) is 69.0 Å². The van der Waals surface area contributed by atoms with Crippen molar-refractivity contribution in [1.29, 1.82) is 0 Å². The van der Waals surface area contributed by atoms with Gasteiger partial charge < -0.3 is 5.32 Å². The van der Waals surface area contributed by atoms with Crippen molar-refractivity contribution >= 4 is 11.5 Å². The summed E-state index contributed by atoms with van der Waals surface area (Å²) in [5.74, 6) is 0.448. The van der Waals surface area contributed by atoms with Crippen molar-refractivity contribution in [3.63, 3.8) is 0 Å². The number of likely N-dealkylation sites (N-methyl/N-ethyl adjacent to an activating group) is 1. The van der Waals surface area contributed by atoms with E-state index < -0.39 is 0 Å². The molecule has 1 heterocycles. The maximum atomic E-state index is 4.31. The fourth-order valence-electron chi connectivity index (χ4n) is 2.53. The van der Waals surface area contributed by atoms with E-state index in [1.807, 2.05) is 0 Å². The van der Waals surface area contributed by atoms with E-state index in [0.29, 0.717) is 12.0 Å². The van der Waals surface area contributed by atoms with E-state index >= 15 is 0 Å². The van der Waals surface area contributed by atoms with Gasteiger partial charge in [0.1, 0.15) is 0 Å². The zero-order valence-corrected chi connectivity index (χ0v) is 12.4. The Morgan fingerprint density at radius 2 is 2.22 bits per heavy atom. The SMILES string of the molecule is CCNC(C1=CCCCC1)c1snnc1C(C)C. The molecule has 0 aromatic carbocycles. The molecule has 2 rings (SSSR count). The first-order valence-electron chi connectivity index (χ1n) is 6.98. The lowest BCUT2D eigenvalue weighted by Gasteiger charge is -2.24. The Morgan fingerprint density at radius 3 is 2.83 bits per heavy atom. The van der Waals surface area contributed by atoms with Crippen LogP contribution in [0.5, 0.6) is 0 Å². The van der Waals surface area contributed by atoms with Gasteiger partial charge in [0.25, 0.3) is 0 Å². The highest BCUT2D eigenvalue weighted by atomic mass is 32.1. The molecule has 0 spiro atoms. The van der Waals surface area contributed by atoms with Crippen molar-refractivity contribution < 1.29 is 0 Å². The normalized spacial score (nSPS) is 17.9. The van der Waals surface area contributed by atoms with Gasteiger partial charge in [-0.2, -0.15) is 0 Å². The van der Waals surface area contributed by atoms with Crippen LogP contribution in [-0.4, -0.2) is 16.1 Å². The van der Waals surface area contributed by atoms with Crippen LogP contribution >= 0.6 is 11.5 Å². The molecule has 0 bridgehead atoms. The van der Waals surface area contributed by atoms with E-state index in [0.717, 1.165) is 12.2 Å². The van der Waals surface area contributed by atoms with Crippen LogP contribution < -0.4 is 5.32 Å². The molecule has 0 saturated carbocycles. The first kappa shape index (κ1) is 13.7. The quantitative estimate of drug-likeness (QED) is 0.823. The Kier molecular flexibility index (Phi) is 4.89. The van der Waals surface area contributed by atoms with Crippen molar-refractivity contribution in [2.45, 2.75) is 58.4 Å². The van der Waals surface area contributed by atoms with Crippen LogP contribution in [0.3, 0.4) is 0 Å². The molecular weight excluding hydrogens is 242 g/mol. The van der Waals surface area contributed by atoms with Crippen LogP contribution in [0.15, 0.2) is 11.6 Å². The highest BCUT2D eigenvalue weighted by Crippen LogP contribution is 2.34. The molecule has 1 unspecified atom stereocenters. The van der Waals surface area contributed by atoms with Gasteiger partial charge in [0.2, 0.25) is 0 Å². The lowest BCUT2D eigenvalue weighted by Crippen LogP contribution is -2.24.